The smallest absolute Gasteiger partial charge is 0.255 e. The summed E-state index contributed by atoms with van der Waals surface area (Å²) < 4.78 is 0. The van der Waals surface area contributed by atoms with Crippen molar-refractivity contribution in [3.8, 4) is 0 Å². The van der Waals surface area contributed by atoms with E-state index in [1.807, 2.05) is 31.3 Å². The van der Waals surface area contributed by atoms with Crippen LogP contribution in [-0.2, 0) is 4.79 Å². The summed E-state index contributed by atoms with van der Waals surface area (Å²) in [6.45, 7) is 0.799. The molecule has 1 aliphatic carbocycles. The first-order chi connectivity index (χ1) is 13.0. The highest BCUT2D eigenvalue weighted by atomic mass is 35.5. The average molecular weight is 390 g/mol. The van der Waals surface area contributed by atoms with Crippen LogP contribution in [0.1, 0.15) is 31.2 Å². The number of carbonyl (C=O) groups excluding carboxylic acids is 1. The summed E-state index contributed by atoms with van der Waals surface area (Å²) in [7, 11) is 1.86. The Bertz CT molecular complexity index is 731. The summed E-state index contributed by atoms with van der Waals surface area (Å²) in [6, 6.07) is 8.33. The highest BCUT2D eigenvalue weighted by Crippen LogP contribution is 2.32. The van der Waals surface area contributed by atoms with Gasteiger partial charge in [-0.1, -0.05) is 35.9 Å². The van der Waals surface area contributed by atoms with Crippen LogP contribution in [0.3, 0.4) is 0 Å². The molecule has 2 heterocycles. The second-order valence-corrected chi connectivity index (χ2v) is 8.28. The molecule has 1 amide bonds. The number of hydrogen-bond acceptors (Lipinski definition) is 5. The van der Waals surface area contributed by atoms with Crippen molar-refractivity contribution in [1.82, 2.24) is 20.9 Å². The lowest BCUT2D eigenvalue weighted by Crippen LogP contribution is -2.70. The van der Waals surface area contributed by atoms with E-state index in [1.165, 1.54) is 0 Å². The van der Waals surface area contributed by atoms with E-state index in [2.05, 4.69) is 22.0 Å². The first-order valence-corrected chi connectivity index (χ1v) is 10.2. The van der Waals surface area contributed by atoms with Gasteiger partial charge in [-0.25, -0.2) is 0 Å². The summed E-state index contributed by atoms with van der Waals surface area (Å²) in [5.41, 5.74) is 7.48. The second-order valence-electron chi connectivity index (χ2n) is 7.87. The van der Waals surface area contributed by atoms with Crippen LogP contribution in [0.25, 0.3) is 5.57 Å². The lowest BCUT2D eigenvalue weighted by molar-refractivity contribution is -0.129. The standard InChI is InChI=1S/C20H28ClN5O/c1-26-18-12(10-16(19(26)27)15-4-2-3-5-17(15)21)11-23-20(25-18)24-14-8-6-13(22)7-9-14/h2-5,10,12-14,18,20,23-25H,6-9,11,22H2,1H3. The average Bonchev–Trinajstić information content (AvgIpc) is 2.67. The zero-order valence-electron chi connectivity index (χ0n) is 15.6. The first kappa shape index (κ1) is 18.9. The fourth-order valence-corrected chi connectivity index (χ4v) is 4.62. The van der Waals surface area contributed by atoms with Gasteiger partial charge in [0.15, 0.2) is 0 Å². The third-order valence-electron chi connectivity index (χ3n) is 5.99. The summed E-state index contributed by atoms with van der Waals surface area (Å²) in [5.74, 6) is 0.193. The van der Waals surface area contributed by atoms with Crippen molar-refractivity contribution < 1.29 is 4.79 Å². The number of amides is 1. The van der Waals surface area contributed by atoms with Crippen LogP contribution in [0.4, 0.5) is 0 Å². The van der Waals surface area contributed by atoms with Gasteiger partial charge in [-0.2, -0.15) is 0 Å². The number of likely N-dealkylation sites (N-methyl/N-ethyl adjacent to an activating group) is 1. The van der Waals surface area contributed by atoms with Crippen molar-refractivity contribution in [3.05, 3.63) is 40.9 Å². The number of benzene rings is 1. The number of nitrogens with one attached hydrogen (secondary N) is 3. The maximum atomic E-state index is 13.0. The van der Waals surface area contributed by atoms with Crippen molar-refractivity contribution in [2.75, 3.05) is 13.6 Å². The largest absolute Gasteiger partial charge is 0.328 e. The molecular weight excluding hydrogens is 362 g/mol. The maximum Gasteiger partial charge on any atom is 0.255 e. The van der Waals surface area contributed by atoms with Gasteiger partial charge in [0.05, 0.1) is 6.17 Å². The van der Waals surface area contributed by atoms with E-state index in [1.54, 1.807) is 4.90 Å². The van der Waals surface area contributed by atoms with E-state index in [0.29, 0.717) is 22.7 Å². The Morgan fingerprint density at radius 2 is 1.96 bits per heavy atom. The molecule has 5 N–H and O–H groups in total. The fourth-order valence-electron chi connectivity index (χ4n) is 4.38. The highest BCUT2D eigenvalue weighted by molar-refractivity contribution is 6.35. The van der Waals surface area contributed by atoms with Crippen LogP contribution in [0.5, 0.6) is 0 Å². The van der Waals surface area contributed by atoms with Gasteiger partial charge in [-0.3, -0.25) is 20.7 Å². The second kappa shape index (κ2) is 7.89. The molecule has 0 radical (unpaired) electrons. The van der Waals surface area contributed by atoms with Gasteiger partial charge in [-0.05, 0) is 31.7 Å². The zero-order valence-corrected chi connectivity index (χ0v) is 16.4. The predicted octanol–water partition coefficient (Wildman–Crippen LogP) is 1.47. The van der Waals surface area contributed by atoms with Crippen LogP contribution in [0.15, 0.2) is 30.3 Å². The molecule has 0 spiro atoms. The van der Waals surface area contributed by atoms with E-state index in [4.69, 9.17) is 17.3 Å². The number of halogens is 1. The Hall–Kier alpha value is -1.44. The summed E-state index contributed by atoms with van der Waals surface area (Å²) >= 11 is 6.33. The Morgan fingerprint density at radius 1 is 1.22 bits per heavy atom. The molecule has 1 aromatic carbocycles. The minimum absolute atomic E-state index is 0.00106. The number of nitrogens with two attached hydrogens (primary N) is 1. The molecule has 3 atom stereocenters. The molecule has 3 aliphatic rings. The zero-order chi connectivity index (χ0) is 19.0. The molecular formula is C20H28ClN5O. The highest BCUT2D eigenvalue weighted by Gasteiger charge is 2.39. The predicted molar refractivity (Wildman–Crippen MR) is 108 cm³/mol. The van der Waals surface area contributed by atoms with Crippen LogP contribution in [-0.4, -0.2) is 48.9 Å². The first-order valence-electron chi connectivity index (χ1n) is 9.78. The third kappa shape index (κ3) is 3.91. The van der Waals surface area contributed by atoms with Crippen LogP contribution in [0, 0.1) is 5.92 Å². The van der Waals surface area contributed by atoms with Gasteiger partial charge in [-0.15, -0.1) is 0 Å². The van der Waals surface area contributed by atoms with Crippen LogP contribution in [0.2, 0.25) is 5.02 Å². The summed E-state index contributed by atoms with van der Waals surface area (Å²) in [4.78, 5) is 14.8. The van der Waals surface area contributed by atoms with Crippen LogP contribution < -0.4 is 21.7 Å². The Labute approximate surface area is 165 Å². The lowest BCUT2D eigenvalue weighted by atomic mass is 9.90. The lowest BCUT2D eigenvalue weighted by Gasteiger charge is -2.46. The molecule has 6 nitrogen and oxygen atoms in total. The van der Waals surface area contributed by atoms with Gasteiger partial charge >= 0.3 is 0 Å². The van der Waals surface area contributed by atoms with E-state index >= 15 is 0 Å². The molecule has 0 bridgehead atoms. The molecule has 3 unspecified atom stereocenters. The van der Waals surface area contributed by atoms with Gasteiger partial charge < -0.3 is 10.6 Å². The van der Waals surface area contributed by atoms with E-state index in [9.17, 15) is 4.79 Å². The molecule has 7 heteroatoms. The van der Waals surface area contributed by atoms with Crippen molar-refractivity contribution in [3.63, 3.8) is 0 Å². The van der Waals surface area contributed by atoms with Crippen molar-refractivity contribution in [2.45, 2.75) is 50.2 Å². The molecule has 1 saturated heterocycles. The SMILES string of the molecule is CN1C(=O)C(c2ccccc2Cl)=CC2CNC(NC3CCC(N)CC3)NC21. The molecule has 2 aliphatic heterocycles. The van der Waals surface area contributed by atoms with E-state index in [0.717, 1.165) is 37.8 Å². The maximum absolute atomic E-state index is 13.0. The molecule has 1 aromatic rings. The summed E-state index contributed by atoms with van der Waals surface area (Å²) in [6.07, 6.45) is 6.35. The monoisotopic (exact) mass is 389 g/mol. The Morgan fingerprint density at radius 3 is 2.70 bits per heavy atom. The Balaban J connectivity index is 1.46. The topological polar surface area (TPSA) is 82.4 Å². The van der Waals surface area contributed by atoms with Crippen molar-refractivity contribution >= 4 is 23.1 Å². The number of hydrogen-bond donors (Lipinski definition) is 4. The minimum atomic E-state index is -0.0339. The Kier molecular flexibility index (Phi) is 5.53. The number of fused-ring (bicyclic) bond motifs is 1. The summed E-state index contributed by atoms with van der Waals surface area (Å²) in [5, 5.41) is 11.3. The van der Waals surface area contributed by atoms with Gasteiger partial charge in [0.25, 0.3) is 5.91 Å². The molecule has 2 fully saturated rings. The number of rotatable bonds is 3. The van der Waals surface area contributed by atoms with Crippen LogP contribution >= 0.6 is 11.6 Å². The normalized spacial score (nSPS) is 34.2. The molecule has 0 aromatic heterocycles. The quantitative estimate of drug-likeness (QED) is 0.629. The van der Waals surface area contributed by atoms with Crippen molar-refractivity contribution in [1.29, 1.82) is 0 Å². The fraction of sp³-hybridized carbons (Fsp3) is 0.550. The van der Waals surface area contributed by atoms with E-state index < -0.39 is 0 Å². The minimum Gasteiger partial charge on any atom is -0.328 e. The molecule has 4 rings (SSSR count). The number of nitrogens with zero attached hydrogens (tertiary/aromatic N) is 1. The van der Waals surface area contributed by atoms with E-state index in [-0.39, 0.29) is 24.3 Å². The molecule has 1 saturated carbocycles. The molecule has 27 heavy (non-hydrogen) atoms. The van der Waals surface area contributed by atoms with Crippen molar-refractivity contribution in [2.24, 2.45) is 11.7 Å². The van der Waals surface area contributed by atoms with Gasteiger partial charge in [0.1, 0.15) is 6.29 Å². The number of carbonyl (C=O) groups is 1. The van der Waals surface area contributed by atoms with Gasteiger partial charge in [0.2, 0.25) is 0 Å². The molecule has 146 valence electrons. The third-order valence-corrected chi connectivity index (χ3v) is 6.32. The van der Waals surface area contributed by atoms with Gasteiger partial charge in [0, 0.05) is 47.8 Å².